The molecule has 0 N–H and O–H groups in total. The first-order valence-electron chi connectivity index (χ1n) is 23.2. The van der Waals surface area contributed by atoms with Crippen LogP contribution in [0.1, 0.15) is 50.1 Å². The van der Waals surface area contributed by atoms with Crippen LogP contribution in [0.25, 0.3) is 0 Å². The van der Waals surface area contributed by atoms with E-state index in [-0.39, 0.29) is 20.4 Å². The molecule has 0 radical (unpaired) electrons. The monoisotopic (exact) mass is 1020 g/mol. The Kier molecular flexibility index (Phi) is 19.0. The van der Waals surface area contributed by atoms with E-state index in [4.69, 9.17) is 0 Å². The molecular formula is C63H66P3Pd+3. The molecule has 9 aromatic rings. The van der Waals surface area contributed by atoms with E-state index >= 15 is 0 Å². The Labute approximate surface area is 419 Å². The van der Waals surface area contributed by atoms with Crippen molar-refractivity contribution in [1.82, 2.24) is 0 Å². The van der Waals surface area contributed by atoms with Gasteiger partial charge in [0.2, 0.25) is 0 Å². The van der Waals surface area contributed by atoms with Gasteiger partial charge in [0.1, 0.15) is 47.7 Å². The summed E-state index contributed by atoms with van der Waals surface area (Å²) in [5.41, 5.74) is 12.5. The van der Waals surface area contributed by atoms with Crippen LogP contribution >= 0.6 is 23.8 Å². The Hall–Kier alpha value is -5.07. The molecule has 0 aromatic heterocycles. The summed E-state index contributed by atoms with van der Waals surface area (Å²) < 4.78 is 0. The van der Waals surface area contributed by atoms with Gasteiger partial charge in [-0.15, -0.1) is 0 Å². The summed E-state index contributed by atoms with van der Waals surface area (Å²) in [5.74, 6) is 0. The second-order valence-electron chi connectivity index (χ2n) is 17.5. The number of hydrogen-bond donors (Lipinski definition) is 0. The Balaban J connectivity index is 0.000000165. The van der Waals surface area contributed by atoms with E-state index in [1.54, 1.807) is 0 Å². The van der Waals surface area contributed by atoms with Crippen LogP contribution in [0.3, 0.4) is 0 Å². The van der Waals surface area contributed by atoms with E-state index in [0.717, 1.165) is 0 Å². The zero-order chi connectivity index (χ0) is 46.6. The van der Waals surface area contributed by atoms with Gasteiger partial charge in [0.05, 0.1) is 23.8 Å². The smallest absolute Gasteiger partial charge is 0.0617 e. The maximum atomic E-state index is 2.31. The maximum absolute atomic E-state index is 2.31. The van der Waals surface area contributed by atoms with Crippen molar-refractivity contribution in [3.05, 3.63) is 268 Å². The van der Waals surface area contributed by atoms with Gasteiger partial charge in [-0.3, -0.25) is 0 Å². The zero-order valence-corrected chi connectivity index (χ0v) is 45.2. The molecule has 0 fully saturated rings. The average Bonchev–Trinajstić information content (AvgIpc) is 3.32. The Bertz CT molecular complexity index is 2380. The van der Waals surface area contributed by atoms with Crippen molar-refractivity contribution >= 4 is 71.5 Å². The van der Waals surface area contributed by atoms with E-state index in [1.807, 2.05) is 0 Å². The summed E-state index contributed by atoms with van der Waals surface area (Å²) in [6, 6.07) is 79.6. The van der Waals surface area contributed by atoms with Crippen molar-refractivity contribution in [2.45, 2.75) is 62.3 Å². The molecule has 9 aromatic carbocycles. The summed E-state index contributed by atoms with van der Waals surface area (Å²) in [4.78, 5) is 0. The zero-order valence-electron chi connectivity index (χ0n) is 40.6. The number of hydrogen-bond acceptors (Lipinski definition) is 0. The molecule has 0 aliphatic heterocycles. The van der Waals surface area contributed by atoms with Gasteiger partial charge in [0.15, 0.2) is 0 Å². The molecular weight excluding hydrogens is 956 g/mol. The first-order chi connectivity index (χ1) is 32.0. The third-order valence-corrected chi connectivity index (χ3v) is 22.6. The third kappa shape index (κ3) is 12.5. The summed E-state index contributed by atoms with van der Waals surface area (Å²) >= 11 is 0. The van der Waals surface area contributed by atoms with Gasteiger partial charge in [0, 0.05) is 20.4 Å². The van der Waals surface area contributed by atoms with Crippen molar-refractivity contribution in [2.24, 2.45) is 0 Å². The van der Waals surface area contributed by atoms with Crippen LogP contribution in [0.15, 0.2) is 218 Å². The van der Waals surface area contributed by atoms with Gasteiger partial charge in [-0.05, 0) is 167 Å². The molecule has 9 rings (SSSR count). The number of rotatable bonds is 9. The minimum atomic E-state index is -0.968. The third-order valence-electron chi connectivity index (χ3n) is 12.7. The van der Waals surface area contributed by atoms with E-state index in [9.17, 15) is 0 Å². The summed E-state index contributed by atoms with van der Waals surface area (Å²) in [6.07, 6.45) is 0. The maximum Gasteiger partial charge on any atom is 0.105 e. The Morgan fingerprint density at radius 1 is 0.164 bits per heavy atom. The van der Waals surface area contributed by atoms with Gasteiger partial charge in [-0.25, -0.2) is 0 Å². The molecule has 0 saturated carbocycles. The number of benzene rings is 9. The first-order valence-corrected chi connectivity index (χ1v) is 27.7. The van der Waals surface area contributed by atoms with Crippen molar-refractivity contribution in [3.8, 4) is 0 Å². The van der Waals surface area contributed by atoms with E-state index in [0.29, 0.717) is 0 Å². The molecule has 67 heavy (non-hydrogen) atoms. The molecule has 0 nitrogen and oxygen atoms in total. The van der Waals surface area contributed by atoms with Crippen LogP contribution in [0, 0.1) is 62.3 Å². The molecule has 0 spiro atoms. The molecule has 0 saturated heterocycles. The second kappa shape index (κ2) is 24.8. The minimum absolute atomic E-state index is 0. The average molecular weight is 1020 g/mol. The van der Waals surface area contributed by atoms with E-state index in [1.165, 1.54) is 97.8 Å². The number of aryl methyl sites for hydroxylation is 9. The van der Waals surface area contributed by atoms with Gasteiger partial charge in [0.25, 0.3) is 0 Å². The summed E-state index contributed by atoms with van der Waals surface area (Å²) in [7, 11) is -2.90. The van der Waals surface area contributed by atoms with Gasteiger partial charge in [-0.2, -0.15) is 0 Å². The van der Waals surface area contributed by atoms with Crippen molar-refractivity contribution in [2.75, 3.05) is 0 Å². The normalized spacial score (nSPS) is 10.7. The van der Waals surface area contributed by atoms with Crippen molar-refractivity contribution in [3.63, 3.8) is 0 Å². The second-order valence-corrected chi connectivity index (χ2v) is 24.6. The summed E-state index contributed by atoms with van der Waals surface area (Å²) in [6.45, 7) is 20.1. The topological polar surface area (TPSA) is 0 Å². The SMILES string of the molecule is Cc1ccccc1[PH+](c1ccccc1C)c1ccccc1C.Cc1ccccc1[PH+](c1ccccc1C)c1ccccc1C.Cc1ccccc1[PH+](c1ccccc1C)c1ccccc1C.[Pd]. The van der Waals surface area contributed by atoms with Crippen LogP contribution in [0.2, 0.25) is 0 Å². The Morgan fingerprint density at radius 3 is 0.343 bits per heavy atom. The Morgan fingerprint density at radius 2 is 0.254 bits per heavy atom. The van der Waals surface area contributed by atoms with Gasteiger partial charge >= 0.3 is 0 Å². The van der Waals surface area contributed by atoms with Crippen LogP contribution < -0.4 is 47.7 Å². The van der Waals surface area contributed by atoms with Crippen LogP contribution in [0.4, 0.5) is 0 Å². The molecule has 0 aliphatic carbocycles. The van der Waals surface area contributed by atoms with Crippen LogP contribution in [-0.2, 0) is 20.4 Å². The van der Waals surface area contributed by atoms with Crippen LogP contribution in [-0.4, -0.2) is 0 Å². The molecule has 0 bridgehead atoms. The fourth-order valence-corrected chi connectivity index (χ4v) is 18.3. The quantitative estimate of drug-likeness (QED) is 0.0998. The molecule has 340 valence electrons. The van der Waals surface area contributed by atoms with E-state index < -0.39 is 23.8 Å². The van der Waals surface area contributed by atoms with Gasteiger partial charge < -0.3 is 0 Å². The molecule has 0 aliphatic rings. The first kappa shape index (κ1) is 51.3. The minimum Gasteiger partial charge on any atom is -0.0617 e. The van der Waals surface area contributed by atoms with Crippen LogP contribution in [0.5, 0.6) is 0 Å². The van der Waals surface area contributed by atoms with Gasteiger partial charge in [-0.1, -0.05) is 164 Å². The van der Waals surface area contributed by atoms with Crippen molar-refractivity contribution in [1.29, 1.82) is 0 Å². The molecule has 0 atom stereocenters. The molecule has 0 amide bonds. The molecule has 0 unspecified atom stereocenters. The van der Waals surface area contributed by atoms with Crippen molar-refractivity contribution < 1.29 is 20.4 Å². The standard InChI is InChI=1S/3C21H21P.Pd/c3*1-16-10-4-7-13-19(16)22(20-14-8-5-11-17(20)2)21-15-9-6-12-18(21)3;/h3*4-15H,1-3H3;/p+3. The summed E-state index contributed by atoms with van der Waals surface area (Å²) in [5, 5.41) is 13.5. The predicted molar refractivity (Wildman–Crippen MR) is 302 cm³/mol. The largest absolute Gasteiger partial charge is 0.105 e. The fraction of sp³-hybridized carbons (Fsp3) is 0.143. The fourth-order valence-electron chi connectivity index (χ4n) is 8.99. The molecule has 0 heterocycles. The predicted octanol–water partition coefficient (Wildman–Crippen LogP) is 12.3. The van der Waals surface area contributed by atoms with E-state index in [2.05, 4.69) is 281 Å². The molecule has 4 heteroatoms.